The van der Waals surface area contributed by atoms with Crippen molar-refractivity contribution in [2.75, 3.05) is 0 Å². The summed E-state index contributed by atoms with van der Waals surface area (Å²) < 4.78 is 88.2. The molecule has 0 aliphatic heterocycles. The van der Waals surface area contributed by atoms with Crippen molar-refractivity contribution in [2.24, 2.45) is 0 Å². The van der Waals surface area contributed by atoms with Crippen LogP contribution in [0.4, 0.5) is 0 Å². The first-order valence-corrected chi connectivity index (χ1v) is 35.0. The minimum Gasteiger partial charge on any atom is -0.390 e. The molecule has 466 valence electrons. The summed E-state index contributed by atoms with van der Waals surface area (Å²) in [6, 6.07) is 67.7. The van der Waals surface area contributed by atoms with Crippen LogP contribution in [0.1, 0.15) is 105 Å². The summed E-state index contributed by atoms with van der Waals surface area (Å²) in [6.45, 7) is 26.1. The average Bonchev–Trinajstić information content (AvgIpc) is 0.814. The van der Waals surface area contributed by atoms with E-state index in [-0.39, 0.29) is 0 Å². The third kappa shape index (κ3) is 11.6. The van der Waals surface area contributed by atoms with E-state index in [1.165, 1.54) is 0 Å². The van der Waals surface area contributed by atoms with Gasteiger partial charge in [-0.2, -0.15) is 0 Å². The normalized spacial score (nSPS) is 12.3. The molecular weight excluding hydrogens is 1230 g/mol. The van der Waals surface area contributed by atoms with Crippen molar-refractivity contribution in [3.8, 4) is 34.1 Å². The summed E-state index contributed by atoms with van der Waals surface area (Å²) in [5.41, 5.74) is 5.97. The number of fused-ring (bicyclic) bond motifs is 12. The molecule has 14 rings (SSSR count). The zero-order valence-corrected chi connectivity index (χ0v) is 56.9. The Labute approximate surface area is 536 Å². The molecule has 12 nitrogen and oxygen atoms in total. The van der Waals surface area contributed by atoms with Gasteiger partial charge in [0, 0.05) is 65.3 Å². The van der Waals surface area contributed by atoms with Gasteiger partial charge in [-0.05, 0) is 82.3 Å². The van der Waals surface area contributed by atoms with E-state index in [4.69, 9.17) is 51.7 Å². The first kappa shape index (κ1) is 60.6. The molecule has 4 heterocycles. The molecule has 16 heteroatoms. The van der Waals surface area contributed by atoms with E-state index in [0.717, 1.165) is 65.3 Å². The molecule has 0 spiro atoms. The Kier molecular flexibility index (Phi) is 15.5. The quantitative estimate of drug-likeness (QED) is 0.136. The van der Waals surface area contributed by atoms with Crippen molar-refractivity contribution in [1.29, 1.82) is 0 Å². The molecule has 0 radical (unpaired) electrons. The fourth-order valence-electron chi connectivity index (χ4n) is 11.7. The Bertz CT molecular complexity index is 4490. The summed E-state index contributed by atoms with van der Waals surface area (Å²) in [5, 5.41) is 6.84. The molecule has 92 heavy (non-hydrogen) atoms. The number of hydrogen-bond acceptors (Lipinski definition) is 12. The fourth-order valence-corrected chi connectivity index (χ4v) is 16.0. The van der Waals surface area contributed by atoms with Crippen LogP contribution < -0.4 is 18.1 Å². The zero-order valence-electron chi connectivity index (χ0n) is 53.3. The summed E-state index contributed by atoms with van der Waals surface area (Å²) in [4.78, 5) is 0. The van der Waals surface area contributed by atoms with Gasteiger partial charge in [0.1, 0.15) is 44.7 Å². The van der Waals surface area contributed by atoms with E-state index in [1.807, 2.05) is 194 Å². The molecular formula is C76H70O12P4. The van der Waals surface area contributed by atoms with E-state index in [9.17, 15) is 0 Å². The molecule has 0 aliphatic rings. The van der Waals surface area contributed by atoms with Gasteiger partial charge in [0.15, 0.2) is 23.0 Å². The van der Waals surface area contributed by atoms with Crippen LogP contribution >= 0.6 is 33.0 Å². The van der Waals surface area contributed by atoms with Crippen LogP contribution in [0.5, 0.6) is 23.0 Å². The Morgan fingerprint density at radius 2 is 0.359 bits per heavy atom. The molecule has 0 atom stereocenters. The molecule has 0 saturated carbocycles. The Balaban J connectivity index is 1.22. The maximum Gasteiger partial charge on any atom is 0.453 e. The maximum atomic E-state index is 7.83. The van der Waals surface area contributed by atoms with Crippen molar-refractivity contribution in [1.82, 2.24) is 0 Å². The van der Waals surface area contributed by atoms with Crippen molar-refractivity contribution >= 4 is 121 Å². The van der Waals surface area contributed by atoms with Crippen LogP contribution in [0.15, 0.2) is 240 Å². The average molecular weight is 1300 g/mol. The summed E-state index contributed by atoms with van der Waals surface area (Å²) in [7, 11) is -9.53. The number of benzene rings is 10. The minimum atomic E-state index is -2.38. The molecule has 4 aromatic heterocycles. The molecule has 0 saturated heterocycles. The second-order valence-corrected chi connectivity index (χ2v) is 30.9. The van der Waals surface area contributed by atoms with Gasteiger partial charge in [-0.3, -0.25) is 0 Å². The van der Waals surface area contributed by atoms with Gasteiger partial charge >= 0.3 is 33.0 Å². The molecule has 14 aromatic rings. The first-order valence-electron chi connectivity index (χ1n) is 30.7. The molecule has 0 unspecified atom stereocenters. The summed E-state index contributed by atoms with van der Waals surface area (Å²) >= 11 is 0. The van der Waals surface area contributed by atoms with Gasteiger partial charge < -0.3 is 51.7 Å². The summed E-state index contributed by atoms with van der Waals surface area (Å²) in [6.07, 6.45) is 0. The molecule has 0 amide bonds. The minimum absolute atomic E-state index is 0.354. The van der Waals surface area contributed by atoms with Crippen LogP contribution in [0, 0.1) is 0 Å². The molecule has 0 aliphatic carbocycles. The smallest absolute Gasteiger partial charge is 0.390 e. The predicted octanol–water partition coefficient (Wildman–Crippen LogP) is 26.3. The van der Waals surface area contributed by atoms with Crippen LogP contribution in [0.3, 0.4) is 0 Å². The van der Waals surface area contributed by atoms with Crippen LogP contribution in [-0.2, 0) is 21.7 Å². The SMILES string of the molecule is CC(C)(C)c1cc(C(C)(C)C)c(Op2oc3ccccc3c3ccccc3o2)c(-c2c(Op3oc4ccccc4c4ccccc4o3)c(C(C)(C)C)cc(C(C)(C)C)c2Op2oc3ccccc3c3ccccc3o2)c1Op1oc2ccccc2c2ccccc2o1. The summed E-state index contributed by atoms with van der Waals surface area (Å²) in [5.74, 6) is 1.42. The van der Waals surface area contributed by atoms with Gasteiger partial charge in [0.25, 0.3) is 0 Å². The third-order valence-electron chi connectivity index (χ3n) is 16.2. The predicted molar refractivity (Wildman–Crippen MR) is 376 cm³/mol. The van der Waals surface area contributed by atoms with Crippen LogP contribution in [-0.4, -0.2) is 0 Å². The second kappa shape index (κ2) is 23.6. The monoisotopic (exact) mass is 1300 g/mol. The van der Waals surface area contributed by atoms with Crippen molar-refractivity contribution in [2.45, 2.75) is 105 Å². The maximum absolute atomic E-state index is 7.83. The highest BCUT2D eigenvalue weighted by molar-refractivity contribution is 7.33. The second-order valence-electron chi connectivity index (χ2n) is 27.0. The standard InChI is InChI=1S/C76H70O12P4/c1-73(2,3)55-45-56(74(4,5)6)70(86-90-79-61-39-23-15-31-49(61)50-32-16-24-40-62(50)80-90)67(69(55)85-89-77-59-37-21-13-29-47(59)48-30-14-22-38-60(48)78-89)68-71(87-91-81-63-41-25-17-33-51(63)52-34-18-26-42-64(52)82-91)57(75(7,8)9)46-58(76(10,11)12)72(68)88-92-83-65-43-27-19-35-53(65)54-36-20-28-44-66(54)84-92/h13-46H,1-12H3. The lowest BCUT2D eigenvalue weighted by Gasteiger charge is -2.34. The van der Waals surface area contributed by atoms with Crippen molar-refractivity contribution in [3.05, 3.63) is 229 Å². The lowest BCUT2D eigenvalue weighted by atomic mass is 9.74. The number of hydrogen-bond donors (Lipinski definition) is 0. The highest BCUT2D eigenvalue weighted by Crippen LogP contribution is 2.63. The largest absolute Gasteiger partial charge is 0.453 e. The molecule has 10 aromatic carbocycles. The van der Waals surface area contributed by atoms with Gasteiger partial charge in [-0.25, -0.2) is 0 Å². The highest BCUT2D eigenvalue weighted by atomic mass is 31.1. The lowest BCUT2D eigenvalue weighted by molar-refractivity contribution is 0.449. The van der Waals surface area contributed by atoms with E-state index >= 15 is 0 Å². The van der Waals surface area contributed by atoms with E-state index in [1.54, 1.807) is 0 Å². The Morgan fingerprint density at radius 3 is 0.500 bits per heavy atom. The molecule has 0 fully saturated rings. The Morgan fingerprint density at radius 1 is 0.217 bits per heavy atom. The van der Waals surface area contributed by atoms with Crippen LogP contribution in [0.25, 0.3) is 98.9 Å². The highest BCUT2D eigenvalue weighted by Gasteiger charge is 2.41. The molecule has 0 N–H and O–H groups in total. The van der Waals surface area contributed by atoms with Crippen molar-refractivity contribution in [3.63, 3.8) is 0 Å². The van der Waals surface area contributed by atoms with E-state index in [2.05, 4.69) is 95.2 Å². The van der Waals surface area contributed by atoms with Crippen LogP contribution in [0.2, 0.25) is 0 Å². The zero-order chi connectivity index (χ0) is 63.8. The molecule has 0 bridgehead atoms. The fraction of sp³-hybridized carbons (Fsp3) is 0.211. The number of para-hydroxylation sites is 8. The Hall–Kier alpha value is -9.00. The van der Waals surface area contributed by atoms with Gasteiger partial charge in [0.2, 0.25) is 0 Å². The first-order chi connectivity index (χ1) is 44.1. The van der Waals surface area contributed by atoms with Crippen molar-refractivity contribution < 1.29 is 51.7 Å². The van der Waals surface area contributed by atoms with Gasteiger partial charge in [-0.15, -0.1) is 0 Å². The topological polar surface area (TPSA) is 142 Å². The van der Waals surface area contributed by atoms with E-state index < -0.39 is 54.6 Å². The van der Waals surface area contributed by atoms with Gasteiger partial charge in [-0.1, -0.05) is 229 Å². The lowest BCUT2D eigenvalue weighted by Crippen LogP contribution is -2.21. The van der Waals surface area contributed by atoms with E-state index in [0.29, 0.717) is 78.8 Å². The number of rotatable bonds is 9. The van der Waals surface area contributed by atoms with Gasteiger partial charge in [0.05, 0.1) is 11.1 Å². The third-order valence-corrected chi connectivity index (χ3v) is 20.3.